The lowest BCUT2D eigenvalue weighted by molar-refractivity contribution is -0.929. The van der Waals surface area contributed by atoms with E-state index in [9.17, 15) is 9.18 Å². The molecule has 4 heterocycles. The van der Waals surface area contributed by atoms with Crippen LogP contribution in [0.2, 0.25) is 0 Å². The van der Waals surface area contributed by atoms with Crippen molar-refractivity contribution in [3.63, 3.8) is 0 Å². The van der Waals surface area contributed by atoms with E-state index < -0.39 is 0 Å². The lowest BCUT2D eigenvalue weighted by Gasteiger charge is -2.23. The van der Waals surface area contributed by atoms with Gasteiger partial charge in [-0.05, 0) is 23.3 Å². The molecule has 9 heteroatoms. The lowest BCUT2D eigenvalue weighted by Crippen LogP contribution is -3.10. The molecule has 0 spiro atoms. The predicted molar refractivity (Wildman–Crippen MR) is 142 cm³/mol. The van der Waals surface area contributed by atoms with Gasteiger partial charge >= 0.3 is 0 Å². The number of quaternary nitrogens is 1. The first kappa shape index (κ1) is 23.1. The SMILES string of the molecule is C=CCn1c(=O)c2c3c(sc2n2c(SCc4ccc(F)cc4)nnc12)C[NH+](Cc1ccccc1)CC3. The Labute approximate surface area is 215 Å². The molecule has 0 fully saturated rings. The molecule has 36 heavy (non-hydrogen) atoms. The summed E-state index contributed by atoms with van der Waals surface area (Å²) in [6.07, 6.45) is 2.59. The van der Waals surface area contributed by atoms with Crippen LogP contribution >= 0.6 is 23.1 Å². The van der Waals surface area contributed by atoms with E-state index >= 15 is 0 Å². The Kier molecular flexibility index (Phi) is 6.20. The van der Waals surface area contributed by atoms with Crippen molar-refractivity contribution in [1.82, 2.24) is 19.2 Å². The van der Waals surface area contributed by atoms with Crippen molar-refractivity contribution in [1.29, 1.82) is 0 Å². The maximum absolute atomic E-state index is 13.7. The molecule has 0 bridgehead atoms. The smallest absolute Gasteiger partial charge is 0.264 e. The highest BCUT2D eigenvalue weighted by molar-refractivity contribution is 7.98. The first-order valence-electron chi connectivity index (χ1n) is 11.9. The van der Waals surface area contributed by atoms with Gasteiger partial charge in [-0.1, -0.05) is 60.3 Å². The molecule has 6 nitrogen and oxygen atoms in total. The van der Waals surface area contributed by atoms with Crippen molar-refractivity contribution in [2.75, 3.05) is 6.54 Å². The predicted octanol–water partition coefficient (Wildman–Crippen LogP) is 3.86. The van der Waals surface area contributed by atoms with Gasteiger partial charge in [-0.2, -0.15) is 0 Å². The average molecular weight is 519 g/mol. The van der Waals surface area contributed by atoms with E-state index in [0.29, 0.717) is 18.1 Å². The van der Waals surface area contributed by atoms with Gasteiger partial charge in [0.2, 0.25) is 5.78 Å². The van der Waals surface area contributed by atoms with Gasteiger partial charge in [0.15, 0.2) is 5.16 Å². The summed E-state index contributed by atoms with van der Waals surface area (Å²) in [5.41, 5.74) is 3.47. The topological polar surface area (TPSA) is 56.6 Å². The van der Waals surface area contributed by atoms with Crippen LogP contribution in [0.25, 0.3) is 16.0 Å². The Hall–Kier alpha value is -3.27. The maximum Gasteiger partial charge on any atom is 0.264 e. The largest absolute Gasteiger partial charge is 0.326 e. The molecule has 6 rings (SSSR count). The van der Waals surface area contributed by atoms with E-state index in [2.05, 4.69) is 41.0 Å². The monoisotopic (exact) mass is 518 g/mol. The first-order chi connectivity index (χ1) is 17.6. The highest BCUT2D eigenvalue weighted by Gasteiger charge is 2.29. The van der Waals surface area contributed by atoms with Gasteiger partial charge in [-0.15, -0.1) is 28.1 Å². The van der Waals surface area contributed by atoms with Crippen LogP contribution in [0.1, 0.15) is 21.6 Å². The number of benzene rings is 2. The zero-order valence-electron chi connectivity index (χ0n) is 19.6. The Morgan fingerprint density at radius 2 is 1.92 bits per heavy atom. The Balaban J connectivity index is 1.42. The number of hydrogen-bond donors (Lipinski definition) is 1. The third-order valence-corrected chi connectivity index (χ3v) is 8.84. The molecule has 0 amide bonds. The summed E-state index contributed by atoms with van der Waals surface area (Å²) in [6.45, 7) is 7.07. The average Bonchev–Trinajstić information content (AvgIpc) is 3.48. The standard InChI is InChI=1S/C27H24FN5OS2/c1-2-13-32-24(34)23-21-12-14-31(15-18-6-4-3-5-7-18)16-22(21)36-25(23)33-26(32)29-30-27(33)35-17-19-8-10-20(28)11-9-19/h2-11H,1,12-17H2/p+1. The summed E-state index contributed by atoms with van der Waals surface area (Å²) in [5, 5.41) is 10.4. The highest BCUT2D eigenvalue weighted by atomic mass is 32.2. The molecule has 0 saturated carbocycles. The van der Waals surface area contributed by atoms with Gasteiger partial charge < -0.3 is 4.90 Å². The summed E-state index contributed by atoms with van der Waals surface area (Å²) >= 11 is 3.23. The maximum atomic E-state index is 13.7. The summed E-state index contributed by atoms with van der Waals surface area (Å²) in [6, 6.07) is 17.1. The number of halogens is 1. The third kappa shape index (κ3) is 4.17. The van der Waals surface area contributed by atoms with Gasteiger partial charge in [0.05, 0.1) is 16.8 Å². The lowest BCUT2D eigenvalue weighted by atomic mass is 10.0. The highest BCUT2D eigenvalue weighted by Crippen LogP contribution is 2.33. The second-order valence-corrected chi connectivity index (χ2v) is 11.0. The Bertz CT molecular complexity index is 1620. The van der Waals surface area contributed by atoms with Crippen LogP contribution in [0.4, 0.5) is 4.39 Å². The molecule has 0 saturated heterocycles. The van der Waals surface area contributed by atoms with Crippen LogP contribution < -0.4 is 10.5 Å². The van der Waals surface area contributed by atoms with Gasteiger partial charge in [-0.25, -0.2) is 8.79 Å². The molecule has 1 atom stereocenters. The number of allylic oxidation sites excluding steroid dienone is 1. The van der Waals surface area contributed by atoms with Crippen molar-refractivity contribution >= 4 is 39.1 Å². The molecule has 2 aromatic carbocycles. The Morgan fingerprint density at radius 1 is 1.11 bits per heavy atom. The molecular weight excluding hydrogens is 493 g/mol. The van der Waals surface area contributed by atoms with Crippen molar-refractivity contribution in [3.8, 4) is 0 Å². The van der Waals surface area contributed by atoms with Gasteiger partial charge in [0, 0.05) is 24.3 Å². The van der Waals surface area contributed by atoms with E-state index in [-0.39, 0.29) is 11.4 Å². The van der Waals surface area contributed by atoms with Crippen molar-refractivity contribution in [2.24, 2.45) is 0 Å². The van der Waals surface area contributed by atoms with Crippen LogP contribution in [0, 0.1) is 5.82 Å². The molecule has 182 valence electrons. The zero-order valence-corrected chi connectivity index (χ0v) is 21.2. The molecule has 0 aliphatic carbocycles. The fourth-order valence-electron chi connectivity index (χ4n) is 4.89. The number of rotatable bonds is 7. The summed E-state index contributed by atoms with van der Waals surface area (Å²) in [5.74, 6) is 0.906. The summed E-state index contributed by atoms with van der Waals surface area (Å²) in [7, 11) is 0. The van der Waals surface area contributed by atoms with Gasteiger partial charge in [0.25, 0.3) is 5.56 Å². The minimum atomic E-state index is -0.251. The minimum absolute atomic E-state index is 0.0242. The van der Waals surface area contributed by atoms with E-state index in [0.717, 1.165) is 47.0 Å². The number of thiophene rings is 1. The van der Waals surface area contributed by atoms with Crippen molar-refractivity contribution < 1.29 is 9.29 Å². The van der Waals surface area contributed by atoms with E-state index in [1.165, 1.54) is 44.8 Å². The summed E-state index contributed by atoms with van der Waals surface area (Å²) in [4.78, 5) is 17.3. The number of aromatic nitrogens is 4. The molecule has 0 radical (unpaired) electrons. The van der Waals surface area contributed by atoms with Crippen LogP contribution in [0.15, 0.2) is 77.2 Å². The van der Waals surface area contributed by atoms with Crippen molar-refractivity contribution in [2.45, 2.75) is 37.0 Å². The zero-order chi connectivity index (χ0) is 24.6. The van der Waals surface area contributed by atoms with E-state index in [1.54, 1.807) is 34.1 Å². The van der Waals surface area contributed by atoms with Gasteiger partial charge in [-0.3, -0.25) is 9.36 Å². The molecule has 1 N–H and O–H groups in total. The molecule has 5 aromatic rings. The number of thioether (sulfide) groups is 1. The fraction of sp³-hybridized carbons (Fsp3) is 0.222. The number of fused-ring (bicyclic) bond motifs is 5. The Morgan fingerprint density at radius 3 is 2.69 bits per heavy atom. The number of hydrogen-bond acceptors (Lipinski definition) is 5. The normalized spacial score (nSPS) is 15.4. The minimum Gasteiger partial charge on any atom is -0.326 e. The van der Waals surface area contributed by atoms with Crippen LogP contribution in [0.3, 0.4) is 0 Å². The first-order valence-corrected chi connectivity index (χ1v) is 13.7. The number of nitrogens with one attached hydrogen (secondary N) is 1. The quantitative estimate of drug-likeness (QED) is 0.263. The van der Waals surface area contributed by atoms with E-state index in [1.807, 2.05) is 10.5 Å². The molecule has 3 aromatic heterocycles. The molecule has 1 aliphatic heterocycles. The van der Waals surface area contributed by atoms with E-state index in [4.69, 9.17) is 0 Å². The number of nitrogens with zero attached hydrogens (tertiary/aromatic N) is 4. The second kappa shape index (κ2) is 9.65. The van der Waals surface area contributed by atoms with Gasteiger partial charge in [0.1, 0.15) is 23.7 Å². The van der Waals surface area contributed by atoms with Crippen LogP contribution in [-0.4, -0.2) is 25.7 Å². The fourth-order valence-corrected chi connectivity index (χ4v) is 7.25. The van der Waals surface area contributed by atoms with Crippen molar-refractivity contribution in [3.05, 3.63) is 105 Å². The van der Waals surface area contributed by atoms with Crippen LogP contribution in [0.5, 0.6) is 0 Å². The molecular formula is C27H25FN5OS2+. The molecule has 1 unspecified atom stereocenters. The third-order valence-electron chi connectivity index (χ3n) is 6.62. The molecule has 1 aliphatic rings. The summed E-state index contributed by atoms with van der Waals surface area (Å²) < 4.78 is 17.0. The van der Waals surface area contributed by atoms with Crippen LogP contribution in [-0.2, 0) is 31.8 Å². The second-order valence-electron chi connectivity index (χ2n) is 9.01.